The van der Waals surface area contributed by atoms with E-state index in [1.54, 1.807) is 27.5 Å². The first kappa shape index (κ1) is 24.5. The Bertz CT molecular complexity index is 1330. The third kappa shape index (κ3) is 4.66. The number of likely N-dealkylation sites (tertiary alicyclic amines) is 1. The average molecular weight is 519 g/mol. The number of imidazole rings is 1. The summed E-state index contributed by atoms with van der Waals surface area (Å²) in [5.41, 5.74) is 5.85. The summed E-state index contributed by atoms with van der Waals surface area (Å²) in [5.74, 6) is 0.152. The Kier molecular flexibility index (Phi) is 6.17. The zero-order chi connectivity index (χ0) is 26.3. The minimum absolute atomic E-state index is 0.189. The predicted molar refractivity (Wildman–Crippen MR) is 125 cm³/mol. The smallest absolute Gasteiger partial charge is 0.421 e. The van der Waals surface area contributed by atoms with Crippen LogP contribution in [0.1, 0.15) is 22.5 Å². The lowest BCUT2D eigenvalue weighted by Gasteiger charge is -2.31. The Balaban J connectivity index is 1.35. The van der Waals surface area contributed by atoms with Gasteiger partial charge in [-0.05, 0) is 6.07 Å². The van der Waals surface area contributed by atoms with Crippen LogP contribution in [0.3, 0.4) is 0 Å². The fourth-order valence-electron chi connectivity index (χ4n) is 4.32. The van der Waals surface area contributed by atoms with Crippen molar-refractivity contribution in [2.75, 3.05) is 44.0 Å². The van der Waals surface area contributed by atoms with Crippen LogP contribution in [0.15, 0.2) is 30.9 Å². The topological polar surface area (TPSA) is 121 Å². The monoisotopic (exact) mass is 519 g/mol. The third-order valence-corrected chi connectivity index (χ3v) is 6.24. The van der Waals surface area contributed by atoms with Gasteiger partial charge in [0.05, 0.1) is 50.3 Å². The lowest BCUT2D eigenvalue weighted by molar-refractivity contribution is -0.139. The van der Waals surface area contributed by atoms with E-state index in [1.807, 2.05) is 0 Å². The van der Waals surface area contributed by atoms with Gasteiger partial charge in [-0.2, -0.15) is 13.2 Å². The molecule has 5 heterocycles. The molecular weight excluding hydrogens is 495 g/mol. The molecule has 0 saturated carbocycles. The van der Waals surface area contributed by atoms with E-state index in [9.17, 15) is 18.0 Å². The normalized spacial score (nSPS) is 17.4. The Morgan fingerprint density at radius 3 is 2.70 bits per heavy atom. The fourth-order valence-corrected chi connectivity index (χ4v) is 4.32. The van der Waals surface area contributed by atoms with E-state index < -0.39 is 17.6 Å². The number of ether oxygens (including phenoxy) is 3. The summed E-state index contributed by atoms with van der Waals surface area (Å²) in [6, 6.07) is 2.60. The van der Waals surface area contributed by atoms with Crippen molar-refractivity contribution < 1.29 is 32.2 Å². The van der Waals surface area contributed by atoms with Crippen molar-refractivity contribution in [2.45, 2.75) is 18.7 Å². The summed E-state index contributed by atoms with van der Waals surface area (Å²) < 4.78 is 58.7. The maximum absolute atomic E-state index is 13.6. The third-order valence-electron chi connectivity index (χ3n) is 6.24. The number of carbonyl (C=O) groups excluding carboxylic acids is 1. The highest BCUT2D eigenvalue weighted by molar-refractivity contribution is 5.96. The van der Waals surface area contributed by atoms with Crippen molar-refractivity contribution in [3.05, 3.63) is 42.1 Å². The first-order chi connectivity index (χ1) is 17.7. The minimum atomic E-state index is -4.64. The summed E-state index contributed by atoms with van der Waals surface area (Å²) in [7, 11) is 2.84. The van der Waals surface area contributed by atoms with Crippen molar-refractivity contribution in [1.82, 2.24) is 24.4 Å². The van der Waals surface area contributed by atoms with Gasteiger partial charge in [0.2, 0.25) is 11.8 Å². The quantitative estimate of drug-likeness (QED) is 0.542. The molecule has 0 bridgehead atoms. The van der Waals surface area contributed by atoms with E-state index in [4.69, 9.17) is 19.9 Å². The summed E-state index contributed by atoms with van der Waals surface area (Å²) in [6.07, 6.45) is -0.153. The molecule has 3 aromatic heterocycles. The highest BCUT2D eigenvalue weighted by Crippen LogP contribution is 2.42. The number of hydrogen-bond donors (Lipinski definition) is 1. The Labute approximate surface area is 209 Å². The maximum atomic E-state index is 13.6. The molecule has 0 unspecified atom stereocenters. The van der Waals surface area contributed by atoms with Gasteiger partial charge in [0, 0.05) is 26.1 Å². The molecule has 14 heteroatoms. The van der Waals surface area contributed by atoms with Crippen LogP contribution in [-0.2, 0) is 13.2 Å². The van der Waals surface area contributed by atoms with Crippen LogP contribution in [-0.4, -0.2) is 69.8 Å². The second-order valence-electron chi connectivity index (χ2n) is 8.61. The number of halogens is 3. The molecule has 1 amide bonds. The molecular formula is C23H24F3N7O4. The first-order valence-corrected chi connectivity index (χ1v) is 11.4. The molecule has 3 aromatic rings. The molecule has 0 radical (unpaired) electrons. The van der Waals surface area contributed by atoms with Crippen molar-refractivity contribution in [2.24, 2.45) is 7.05 Å². The number of anilines is 3. The van der Waals surface area contributed by atoms with Crippen LogP contribution in [0.5, 0.6) is 17.5 Å². The van der Waals surface area contributed by atoms with E-state index in [2.05, 4.69) is 15.0 Å². The molecule has 1 saturated heterocycles. The molecule has 2 aliphatic heterocycles. The average Bonchev–Trinajstić information content (AvgIpc) is 3.48. The fraction of sp³-hybridized carbons (Fsp3) is 0.391. The second-order valence-corrected chi connectivity index (χ2v) is 8.61. The Hall–Kier alpha value is -4.23. The number of carbonyl (C=O) groups is 1. The number of fused-ring (bicyclic) bond motifs is 1. The Morgan fingerprint density at radius 1 is 1.19 bits per heavy atom. The molecule has 1 atom stereocenters. The second kappa shape index (κ2) is 9.33. The number of pyridine rings is 2. The van der Waals surface area contributed by atoms with E-state index in [1.165, 1.54) is 18.7 Å². The zero-order valence-corrected chi connectivity index (χ0v) is 20.0. The van der Waals surface area contributed by atoms with Gasteiger partial charge in [-0.15, -0.1) is 0 Å². The lowest BCUT2D eigenvalue weighted by atomic mass is 10.2. The first-order valence-electron chi connectivity index (χ1n) is 11.4. The number of rotatable bonds is 5. The molecule has 0 aromatic carbocycles. The van der Waals surface area contributed by atoms with Crippen LogP contribution in [0.4, 0.5) is 30.4 Å². The van der Waals surface area contributed by atoms with Crippen molar-refractivity contribution in [3.63, 3.8) is 0 Å². The molecule has 37 heavy (non-hydrogen) atoms. The van der Waals surface area contributed by atoms with Gasteiger partial charge >= 0.3 is 6.18 Å². The molecule has 5 rings (SSSR count). The van der Waals surface area contributed by atoms with Crippen LogP contribution >= 0.6 is 0 Å². The van der Waals surface area contributed by atoms with E-state index in [-0.39, 0.29) is 41.7 Å². The SMILES string of the molecule is COc1ncc(N2CCOc3cnc(O[C@H]4CCN(C(=O)c5ncn(C)c5N)C4)cc32)cc1C(F)(F)F. The van der Waals surface area contributed by atoms with Gasteiger partial charge in [0.15, 0.2) is 11.4 Å². The highest BCUT2D eigenvalue weighted by Gasteiger charge is 2.37. The number of nitrogen functional groups attached to an aromatic ring is 1. The van der Waals surface area contributed by atoms with Crippen molar-refractivity contribution in [1.29, 1.82) is 0 Å². The lowest BCUT2D eigenvalue weighted by Crippen LogP contribution is -2.32. The summed E-state index contributed by atoms with van der Waals surface area (Å²) in [6.45, 7) is 1.31. The molecule has 0 spiro atoms. The summed E-state index contributed by atoms with van der Waals surface area (Å²) in [5, 5.41) is 0. The zero-order valence-electron chi connectivity index (χ0n) is 20.0. The largest absolute Gasteiger partial charge is 0.488 e. The highest BCUT2D eigenvalue weighted by atomic mass is 19.4. The molecule has 2 N–H and O–H groups in total. The number of aromatic nitrogens is 4. The summed E-state index contributed by atoms with van der Waals surface area (Å²) >= 11 is 0. The minimum Gasteiger partial charge on any atom is -0.488 e. The van der Waals surface area contributed by atoms with Crippen LogP contribution < -0.4 is 24.8 Å². The van der Waals surface area contributed by atoms with Gasteiger partial charge in [0.25, 0.3) is 5.91 Å². The molecule has 2 aliphatic rings. The number of nitrogens with two attached hydrogens (primary N) is 1. The molecule has 196 valence electrons. The number of amides is 1. The van der Waals surface area contributed by atoms with Crippen LogP contribution in [0.25, 0.3) is 0 Å². The number of nitrogens with zero attached hydrogens (tertiary/aromatic N) is 6. The number of alkyl halides is 3. The van der Waals surface area contributed by atoms with Gasteiger partial charge in [-0.25, -0.2) is 15.0 Å². The van der Waals surface area contributed by atoms with Gasteiger partial charge in [-0.1, -0.05) is 0 Å². The molecule has 11 nitrogen and oxygen atoms in total. The number of hydrogen-bond acceptors (Lipinski definition) is 9. The number of methoxy groups -OCH3 is 1. The molecule has 0 aliphatic carbocycles. The summed E-state index contributed by atoms with van der Waals surface area (Å²) in [4.78, 5) is 28.3. The maximum Gasteiger partial charge on any atom is 0.421 e. The van der Waals surface area contributed by atoms with Crippen molar-refractivity contribution >= 4 is 23.1 Å². The Morgan fingerprint density at radius 2 is 2.00 bits per heavy atom. The van der Waals surface area contributed by atoms with Gasteiger partial charge in [-0.3, -0.25) is 4.79 Å². The predicted octanol–water partition coefficient (Wildman–Crippen LogP) is 2.64. The van der Waals surface area contributed by atoms with Crippen molar-refractivity contribution in [3.8, 4) is 17.5 Å². The standard InChI is InChI=1S/C23H24F3N7O4/c1-31-12-30-19(20(31)27)22(34)32-4-3-14(11-32)37-18-8-16-17(10-28-18)36-6-5-33(16)13-7-15(23(24,25)26)21(35-2)29-9-13/h7-10,12,14H,3-6,11,27H2,1-2H3/t14-/m0/s1. The molecule has 1 fully saturated rings. The van der Waals surface area contributed by atoms with Gasteiger partial charge in [0.1, 0.15) is 24.1 Å². The van der Waals surface area contributed by atoms with Crippen LogP contribution in [0, 0.1) is 0 Å². The van der Waals surface area contributed by atoms with E-state index in [0.29, 0.717) is 37.5 Å². The van der Waals surface area contributed by atoms with Crippen LogP contribution in [0.2, 0.25) is 0 Å². The van der Waals surface area contributed by atoms with E-state index in [0.717, 1.165) is 13.2 Å². The number of aryl methyl sites for hydroxylation is 1. The van der Waals surface area contributed by atoms with E-state index >= 15 is 0 Å². The van der Waals surface area contributed by atoms with Gasteiger partial charge < -0.3 is 34.3 Å².